The van der Waals surface area contributed by atoms with Gasteiger partial charge < -0.3 is 5.32 Å². The van der Waals surface area contributed by atoms with Gasteiger partial charge in [-0.05, 0) is 36.5 Å². The number of carbonyl (C=O) groups is 1. The van der Waals surface area contributed by atoms with E-state index in [0.29, 0.717) is 5.69 Å². The smallest absolute Gasteiger partial charge is 0.331 e. The van der Waals surface area contributed by atoms with Gasteiger partial charge in [-0.15, -0.1) is 0 Å². The molecule has 0 radical (unpaired) electrons. The standard InChI is InChI=1S/C10H10F3N3OS/c1-6(17)15-16-9(18)14-8-4-2-7(3-5-8)10(11,12)13/h2-5H,1H3,(H,15,17)(H2,14,16,18). The molecule has 1 aromatic rings. The molecular formula is C10H10F3N3OS. The summed E-state index contributed by atoms with van der Waals surface area (Å²) in [6, 6.07) is 4.35. The Morgan fingerprint density at radius 3 is 2.17 bits per heavy atom. The van der Waals surface area contributed by atoms with Gasteiger partial charge in [0.05, 0.1) is 5.56 Å². The Hall–Kier alpha value is -1.83. The van der Waals surface area contributed by atoms with Gasteiger partial charge in [-0.2, -0.15) is 13.2 Å². The van der Waals surface area contributed by atoms with Crippen molar-refractivity contribution in [1.82, 2.24) is 10.9 Å². The third-order valence-corrected chi connectivity index (χ3v) is 2.03. The van der Waals surface area contributed by atoms with Crippen LogP contribution in [0.1, 0.15) is 12.5 Å². The van der Waals surface area contributed by atoms with Crippen LogP contribution in [-0.4, -0.2) is 11.0 Å². The molecule has 1 amide bonds. The molecule has 1 aromatic carbocycles. The predicted molar refractivity (Wildman–Crippen MR) is 64.6 cm³/mol. The highest BCUT2D eigenvalue weighted by atomic mass is 32.1. The van der Waals surface area contributed by atoms with Crippen LogP contribution in [-0.2, 0) is 11.0 Å². The lowest BCUT2D eigenvalue weighted by Gasteiger charge is -2.11. The Bertz CT molecular complexity index is 445. The van der Waals surface area contributed by atoms with E-state index < -0.39 is 11.7 Å². The number of anilines is 1. The lowest BCUT2D eigenvalue weighted by Crippen LogP contribution is -2.42. The molecule has 3 N–H and O–H groups in total. The minimum atomic E-state index is -4.37. The predicted octanol–water partition coefficient (Wildman–Crippen LogP) is 2.04. The molecule has 0 saturated heterocycles. The lowest BCUT2D eigenvalue weighted by atomic mass is 10.2. The zero-order valence-corrected chi connectivity index (χ0v) is 10.1. The van der Waals surface area contributed by atoms with Crippen LogP contribution in [0.15, 0.2) is 24.3 Å². The van der Waals surface area contributed by atoms with Crippen LogP contribution in [0.5, 0.6) is 0 Å². The summed E-state index contributed by atoms with van der Waals surface area (Å²) in [5, 5.41) is 2.69. The van der Waals surface area contributed by atoms with Gasteiger partial charge in [0.15, 0.2) is 5.11 Å². The van der Waals surface area contributed by atoms with Gasteiger partial charge in [0.2, 0.25) is 5.91 Å². The van der Waals surface area contributed by atoms with Gasteiger partial charge in [0.1, 0.15) is 0 Å². The number of alkyl halides is 3. The van der Waals surface area contributed by atoms with Crippen molar-refractivity contribution >= 4 is 28.9 Å². The van der Waals surface area contributed by atoms with E-state index >= 15 is 0 Å². The molecule has 18 heavy (non-hydrogen) atoms. The quantitative estimate of drug-likeness (QED) is 0.543. The average Bonchev–Trinajstić information content (AvgIpc) is 2.26. The molecule has 0 spiro atoms. The zero-order chi connectivity index (χ0) is 13.8. The summed E-state index contributed by atoms with van der Waals surface area (Å²) in [7, 11) is 0. The molecule has 0 atom stereocenters. The number of hydrogen-bond acceptors (Lipinski definition) is 2. The number of hydrazine groups is 1. The first-order chi connectivity index (χ1) is 8.29. The van der Waals surface area contributed by atoms with Crippen molar-refractivity contribution in [3.63, 3.8) is 0 Å². The average molecular weight is 277 g/mol. The van der Waals surface area contributed by atoms with Crippen molar-refractivity contribution in [2.24, 2.45) is 0 Å². The van der Waals surface area contributed by atoms with Crippen molar-refractivity contribution in [2.75, 3.05) is 5.32 Å². The molecule has 0 aliphatic heterocycles. The highest BCUT2D eigenvalue weighted by Gasteiger charge is 2.29. The SMILES string of the molecule is CC(=O)NNC(=S)Nc1ccc(C(F)(F)F)cc1. The minimum Gasteiger partial charge on any atom is -0.331 e. The van der Waals surface area contributed by atoms with Crippen molar-refractivity contribution in [3.8, 4) is 0 Å². The second-order valence-electron chi connectivity index (χ2n) is 3.34. The van der Waals surface area contributed by atoms with E-state index in [-0.39, 0.29) is 11.0 Å². The molecule has 8 heteroatoms. The van der Waals surface area contributed by atoms with Crippen LogP contribution in [0, 0.1) is 0 Å². The van der Waals surface area contributed by atoms with Crippen LogP contribution in [0.4, 0.5) is 18.9 Å². The number of amides is 1. The second kappa shape index (κ2) is 5.67. The molecule has 0 fully saturated rings. The topological polar surface area (TPSA) is 53.2 Å². The molecule has 0 heterocycles. The molecular weight excluding hydrogens is 267 g/mol. The summed E-state index contributed by atoms with van der Waals surface area (Å²) in [6.45, 7) is 1.29. The first-order valence-electron chi connectivity index (χ1n) is 4.80. The third-order valence-electron chi connectivity index (χ3n) is 1.82. The number of halogens is 3. The van der Waals surface area contributed by atoms with Gasteiger partial charge in [-0.3, -0.25) is 15.6 Å². The van der Waals surface area contributed by atoms with E-state index in [1.54, 1.807) is 0 Å². The van der Waals surface area contributed by atoms with Gasteiger partial charge in [-0.1, -0.05) is 0 Å². The van der Waals surface area contributed by atoms with Crippen LogP contribution in [0.2, 0.25) is 0 Å². The molecule has 0 bridgehead atoms. The van der Waals surface area contributed by atoms with E-state index in [0.717, 1.165) is 12.1 Å². The monoisotopic (exact) mass is 277 g/mol. The number of thiocarbonyl (C=S) groups is 1. The fraction of sp³-hybridized carbons (Fsp3) is 0.200. The molecule has 0 saturated carbocycles. The maximum Gasteiger partial charge on any atom is 0.416 e. The van der Waals surface area contributed by atoms with Gasteiger partial charge in [0.25, 0.3) is 0 Å². The van der Waals surface area contributed by atoms with Crippen LogP contribution in [0.3, 0.4) is 0 Å². The molecule has 0 unspecified atom stereocenters. The summed E-state index contributed by atoms with van der Waals surface area (Å²) in [5.41, 5.74) is 4.24. The number of carbonyl (C=O) groups excluding carboxylic acids is 1. The number of benzene rings is 1. The zero-order valence-electron chi connectivity index (χ0n) is 9.26. The second-order valence-corrected chi connectivity index (χ2v) is 3.74. The first kappa shape index (κ1) is 14.2. The normalized spacial score (nSPS) is 10.7. The van der Waals surface area contributed by atoms with E-state index in [1.165, 1.54) is 19.1 Å². The van der Waals surface area contributed by atoms with E-state index in [9.17, 15) is 18.0 Å². The summed E-state index contributed by atoms with van der Waals surface area (Å²) < 4.78 is 36.9. The van der Waals surface area contributed by atoms with Crippen molar-refractivity contribution in [1.29, 1.82) is 0 Å². The van der Waals surface area contributed by atoms with E-state index in [1.807, 2.05) is 0 Å². The Morgan fingerprint density at radius 1 is 1.17 bits per heavy atom. The van der Waals surface area contributed by atoms with E-state index in [4.69, 9.17) is 12.2 Å². The number of rotatable bonds is 1. The summed E-state index contributed by atoms with van der Waals surface area (Å²) in [5.74, 6) is -0.341. The fourth-order valence-corrected chi connectivity index (χ4v) is 1.22. The highest BCUT2D eigenvalue weighted by Crippen LogP contribution is 2.29. The van der Waals surface area contributed by atoms with E-state index in [2.05, 4.69) is 16.2 Å². The molecule has 0 aliphatic rings. The fourth-order valence-electron chi connectivity index (χ4n) is 1.05. The lowest BCUT2D eigenvalue weighted by molar-refractivity contribution is -0.137. The first-order valence-corrected chi connectivity index (χ1v) is 5.20. The maximum absolute atomic E-state index is 12.3. The number of nitrogens with one attached hydrogen (secondary N) is 3. The van der Waals surface area contributed by atoms with Crippen LogP contribution >= 0.6 is 12.2 Å². The molecule has 98 valence electrons. The largest absolute Gasteiger partial charge is 0.416 e. The molecule has 0 aliphatic carbocycles. The van der Waals surface area contributed by atoms with Gasteiger partial charge >= 0.3 is 6.18 Å². The Balaban J connectivity index is 2.59. The molecule has 4 nitrogen and oxygen atoms in total. The highest BCUT2D eigenvalue weighted by molar-refractivity contribution is 7.80. The Kier molecular flexibility index (Phi) is 4.49. The minimum absolute atomic E-state index is 0.0740. The van der Waals surface area contributed by atoms with Crippen molar-refractivity contribution < 1.29 is 18.0 Å². The number of hydrogen-bond donors (Lipinski definition) is 3. The Labute approximate surface area is 107 Å². The van der Waals surface area contributed by atoms with Crippen LogP contribution in [0.25, 0.3) is 0 Å². The summed E-state index contributed by atoms with van der Waals surface area (Å²) in [6.07, 6.45) is -4.37. The summed E-state index contributed by atoms with van der Waals surface area (Å²) >= 11 is 4.80. The van der Waals surface area contributed by atoms with Gasteiger partial charge in [0, 0.05) is 12.6 Å². The van der Waals surface area contributed by atoms with Gasteiger partial charge in [-0.25, -0.2) is 0 Å². The van der Waals surface area contributed by atoms with Crippen molar-refractivity contribution in [2.45, 2.75) is 13.1 Å². The molecule has 1 rings (SSSR count). The molecule has 0 aromatic heterocycles. The third kappa shape index (κ3) is 4.58. The van der Waals surface area contributed by atoms with Crippen molar-refractivity contribution in [3.05, 3.63) is 29.8 Å². The van der Waals surface area contributed by atoms with Crippen LogP contribution < -0.4 is 16.2 Å². The Morgan fingerprint density at radius 2 is 1.72 bits per heavy atom. The maximum atomic E-state index is 12.3. The summed E-state index contributed by atoms with van der Waals surface area (Å²) in [4.78, 5) is 10.6.